The highest BCUT2D eigenvalue weighted by atomic mass is 32.1. The third-order valence-corrected chi connectivity index (χ3v) is 17.0. The van der Waals surface area contributed by atoms with Gasteiger partial charge in [-0.3, -0.25) is 0 Å². The van der Waals surface area contributed by atoms with Gasteiger partial charge in [-0.05, 0) is 155 Å². The lowest BCUT2D eigenvalue weighted by molar-refractivity contribution is 1.18. The molecular weight excluding hydrogens is 953 g/mol. The van der Waals surface area contributed by atoms with Crippen LogP contribution in [0.5, 0.6) is 0 Å². The minimum absolute atomic E-state index is 1.06. The first-order valence-corrected chi connectivity index (χ1v) is 27.1. The number of fused-ring (bicyclic) bond motifs is 12. The van der Waals surface area contributed by atoms with Gasteiger partial charge in [0.2, 0.25) is 0 Å². The van der Waals surface area contributed by atoms with Crippen molar-refractivity contribution in [3.8, 4) is 50.4 Å². The number of rotatable bonds is 8. The van der Waals surface area contributed by atoms with Crippen LogP contribution in [0.4, 0.5) is 11.4 Å². The van der Waals surface area contributed by atoms with Crippen molar-refractivity contribution in [3.05, 3.63) is 273 Å². The first-order valence-electron chi connectivity index (χ1n) is 26.3. The normalized spacial score (nSPS) is 11.9. The number of hydrogen-bond acceptors (Lipinski definition) is 2. The molecule has 0 spiro atoms. The molecule has 0 aliphatic carbocycles. The summed E-state index contributed by atoms with van der Waals surface area (Å²) in [6, 6.07) is 100. The molecule has 16 rings (SSSR count). The number of para-hydroxylation sites is 5. The average molecular weight is 999 g/mol. The van der Waals surface area contributed by atoms with Gasteiger partial charge in [-0.2, -0.15) is 0 Å². The molecule has 0 bridgehead atoms. The van der Waals surface area contributed by atoms with Crippen molar-refractivity contribution in [3.63, 3.8) is 0 Å². The molecule has 0 aliphatic heterocycles. The number of benzene rings is 12. The summed E-state index contributed by atoms with van der Waals surface area (Å²) in [6.07, 6.45) is 0. The molecule has 360 valence electrons. The van der Waals surface area contributed by atoms with E-state index < -0.39 is 0 Å². The quantitative estimate of drug-likeness (QED) is 0.161. The number of hydrogen-bond donors (Lipinski definition) is 1. The molecule has 12 aromatic carbocycles. The van der Waals surface area contributed by atoms with Crippen LogP contribution in [0.25, 0.3) is 136 Å². The number of nitrogens with zero attached hydrogens (tertiary/aromatic N) is 3. The maximum absolute atomic E-state index is 3.80. The second-order valence-electron chi connectivity index (χ2n) is 20.2. The highest BCUT2D eigenvalue weighted by molar-refractivity contribution is 7.25. The molecule has 0 atom stereocenters. The molecule has 16 aromatic rings. The third-order valence-electron chi connectivity index (χ3n) is 15.8. The molecule has 0 aliphatic rings. The van der Waals surface area contributed by atoms with Gasteiger partial charge in [-0.25, -0.2) is 0 Å². The van der Waals surface area contributed by atoms with Gasteiger partial charge in [0.15, 0.2) is 0 Å². The van der Waals surface area contributed by atoms with Crippen LogP contribution in [-0.2, 0) is 0 Å². The zero-order chi connectivity index (χ0) is 50.6. The molecule has 0 fully saturated rings. The van der Waals surface area contributed by atoms with Crippen LogP contribution in [0.1, 0.15) is 0 Å². The molecule has 0 radical (unpaired) electrons. The van der Waals surface area contributed by atoms with E-state index in [1.165, 1.54) is 119 Å². The van der Waals surface area contributed by atoms with Gasteiger partial charge in [-0.15, -0.1) is 11.3 Å². The summed E-state index contributed by atoms with van der Waals surface area (Å²) in [5.74, 6) is 0. The zero-order valence-corrected chi connectivity index (χ0v) is 42.5. The number of nitrogens with one attached hydrogen (secondary N) is 1. The molecule has 4 nitrogen and oxygen atoms in total. The Hall–Kier alpha value is -9.94. The van der Waals surface area contributed by atoms with E-state index in [9.17, 15) is 0 Å². The first kappa shape index (κ1) is 43.5. The molecule has 4 heterocycles. The molecule has 77 heavy (non-hydrogen) atoms. The summed E-state index contributed by atoms with van der Waals surface area (Å²) in [5.41, 5.74) is 19.9. The Morgan fingerprint density at radius 1 is 0.247 bits per heavy atom. The van der Waals surface area contributed by atoms with Crippen LogP contribution in [0, 0.1) is 0 Å². The maximum Gasteiger partial charge on any atom is 0.0541 e. The van der Waals surface area contributed by atoms with Crippen molar-refractivity contribution < 1.29 is 0 Å². The van der Waals surface area contributed by atoms with Crippen molar-refractivity contribution in [1.82, 2.24) is 13.7 Å². The average Bonchev–Trinajstić information content (AvgIpc) is 4.30. The fourth-order valence-electron chi connectivity index (χ4n) is 12.3. The first-order chi connectivity index (χ1) is 38.2. The van der Waals surface area contributed by atoms with Crippen molar-refractivity contribution >= 4 is 108 Å². The summed E-state index contributed by atoms with van der Waals surface area (Å²) in [7, 11) is 0. The molecule has 1 N–H and O–H groups in total. The van der Waals surface area contributed by atoms with Crippen LogP contribution in [0.15, 0.2) is 273 Å². The predicted molar refractivity (Wildman–Crippen MR) is 328 cm³/mol. The van der Waals surface area contributed by atoms with E-state index in [4.69, 9.17) is 0 Å². The smallest absolute Gasteiger partial charge is 0.0541 e. The van der Waals surface area contributed by atoms with Gasteiger partial charge in [0.05, 0.1) is 33.1 Å². The van der Waals surface area contributed by atoms with E-state index in [0.29, 0.717) is 0 Å². The second kappa shape index (κ2) is 17.3. The Kier molecular flexibility index (Phi) is 9.78. The van der Waals surface area contributed by atoms with Gasteiger partial charge in [-0.1, -0.05) is 146 Å². The Labute approximate surface area is 448 Å². The molecule has 0 saturated heterocycles. The molecule has 5 heteroatoms. The van der Waals surface area contributed by atoms with Gasteiger partial charge in [0, 0.05) is 86.5 Å². The van der Waals surface area contributed by atoms with Gasteiger partial charge >= 0.3 is 0 Å². The molecule has 0 saturated carbocycles. The maximum atomic E-state index is 3.80. The predicted octanol–water partition coefficient (Wildman–Crippen LogP) is 20.1. The highest BCUT2D eigenvalue weighted by Crippen LogP contribution is 2.44. The van der Waals surface area contributed by atoms with Crippen LogP contribution in [0.3, 0.4) is 0 Å². The summed E-state index contributed by atoms with van der Waals surface area (Å²) in [4.78, 5) is 0. The monoisotopic (exact) mass is 998 g/mol. The lowest BCUT2D eigenvalue weighted by atomic mass is 9.98. The third kappa shape index (κ3) is 6.98. The Bertz CT molecular complexity index is 4790. The SMILES string of the molecule is c1ccc(-c2ccccc2Nc2ccc3sc4ccc(-n5c6ccc(-c7ccc8c(c7)c7ccccc7n8-c7ccccc7)cc6c6cc(-c7ccc8c(c7)c7ccccc7n8-c7ccccc7)ccc65)cc4c3c2)cc1. The van der Waals surface area contributed by atoms with Gasteiger partial charge in [0.1, 0.15) is 0 Å². The minimum Gasteiger partial charge on any atom is -0.355 e. The fourth-order valence-corrected chi connectivity index (χ4v) is 13.3. The zero-order valence-electron chi connectivity index (χ0n) is 41.7. The van der Waals surface area contributed by atoms with Crippen LogP contribution >= 0.6 is 11.3 Å². The summed E-state index contributed by atoms with van der Waals surface area (Å²) in [6.45, 7) is 0. The molecular formula is C72H46N4S. The molecule has 0 unspecified atom stereocenters. The summed E-state index contributed by atoms with van der Waals surface area (Å²) >= 11 is 1.85. The van der Waals surface area contributed by atoms with Crippen LogP contribution in [-0.4, -0.2) is 13.7 Å². The lowest BCUT2D eigenvalue weighted by Crippen LogP contribution is -1.94. The van der Waals surface area contributed by atoms with E-state index in [1.807, 2.05) is 11.3 Å². The standard InChI is InChI=1S/C72H46N4S/c1-4-16-46(17-5-1)55-22-10-13-25-64(55)73-51-32-38-71-62(44-51)63-45-54(33-39-72(63)77-71)76-69-36-30-49(47-28-34-67-58(40-47)56-23-11-14-26-65(56)74(67)52-18-6-2-7-19-52)42-60(69)61-43-50(31-37-70(61)76)48-29-35-68-59(41-48)57-24-12-15-27-66(57)75(68)53-20-8-3-9-21-53/h1-45,73H. The van der Waals surface area contributed by atoms with Gasteiger partial charge in [0.25, 0.3) is 0 Å². The van der Waals surface area contributed by atoms with E-state index in [0.717, 1.165) is 28.4 Å². The Morgan fingerprint density at radius 2 is 0.649 bits per heavy atom. The molecule has 0 amide bonds. The van der Waals surface area contributed by atoms with Crippen molar-refractivity contribution in [2.45, 2.75) is 0 Å². The van der Waals surface area contributed by atoms with Crippen LogP contribution < -0.4 is 5.32 Å². The summed E-state index contributed by atoms with van der Waals surface area (Å²) in [5, 5.41) is 13.7. The number of aromatic nitrogens is 3. The van der Waals surface area contributed by atoms with E-state index in [1.54, 1.807) is 0 Å². The topological polar surface area (TPSA) is 26.8 Å². The fraction of sp³-hybridized carbons (Fsp3) is 0. The Morgan fingerprint density at radius 3 is 1.18 bits per heavy atom. The molecule has 4 aromatic heterocycles. The lowest BCUT2D eigenvalue weighted by Gasteiger charge is -2.13. The number of thiophene rings is 1. The Balaban J connectivity index is 0.870. The van der Waals surface area contributed by atoms with E-state index >= 15 is 0 Å². The van der Waals surface area contributed by atoms with E-state index in [2.05, 4.69) is 292 Å². The van der Waals surface area contributed by atoms with Crippen molar-refractivity contribution in [2.24, 2.45) is 0 Å². The van der Waals surface area contributed by atoms with E-state index in [-0.39, 0.29) is 0 Å². The summed E-state index contributed by atoms with van der Waals surface area (Å²) < 4.78 is 9.79. The van der Waals surface area contributed by atoms with Gasteiger partial charge < -0.3 is 19.0 Å². The highest BCUT2D eigenvalue weighted by Gasteiger charge is 2.20. The largest absolute Gasteiger partial charge is 0.355 e. The van der Waals surface area contributed by atoms with Crippen LogP contribution in [0.2, 0.25) is 0 Å². The second-order valence-corrected chi connectivity index (χ2v) is 21.3. The number of anilines is 2. The van der Waals surface area contributed by atoms with Crippen molar-refractivity contribution in [1.29, 1.82) is 0 Å². The van der Waals surface area contributed by atoms with Crippen molar-refractivity contribution in [2.75, 3.05) is 5.32 Å². The minimum atomic E-state index is 1.06.